The van der Waals surface area contributed by atoms with Gasteiger partial charge in [0.25, 0.3) is 0 Å². The molecule has 132 valence electrons. The van der Waals surface area contributed by atoms with Gasteiger partial charge >= 0.3 is 0 Å². The van der Waals surface area contributed by atoms with Gasteiger partial charge in [-0.25, -0.2) is 4.98 Å². The Morgan fingerprint density at radius 3 is 2.76 bits per heavy atom. The van der Waals surface area contributed by atoms with E-state index in [1.165, 1.54) is 11.3 Å². The summed E-state index contributed by atoms with van der Waals surface area (Å²) in [6.07, 6.45) is 4.24. The maximum atomic E-state index is 5.15. The molecule has 0 amide bonds. The summed E-state index contributed by atoms with van der Waals surface area (Å²) in [6, 6.07) is 12.5. The molecule has 0 saturated carbocycles. The van der Waals surface area contributed by atoms with Crippen LogP contribution in [0.15, 0.2) is 42.7 Å². The predicted octanol–water partition coefficient (Wildman–Crippen LogP) is 4.37. The average molecular weight is 338 g/mol. The molecule has 0 fully saturated rings. The highest BCUT2D eigenvalue weighted by atomic mass is 16.5. The van der Waals surface area contributed by atoms with Gasteiger partial charge in [-0.05, 0) is 18.4 Å². The minimum Gasteiger partial charge on any atom is -0.378 e. The van der Waals surface area contributed by atoms with Crippen molar-refractivity contribution in [1.82, 2.24) is 19.7 Å². The van der Waals surface area contributed by atoms with E-state index in [9.17, 15) is 0 Å². The Labute approximate surface area is 149 Å². The van der Waals surface area contributed by atoms with Crippen LogP contribution < -0.4 is 0 Å². The Morgan fingerprint density at radius 2 is 2.04 bits per heavy atom. The average Bonchev–Trinajstić information content (AvgIpc) is 3.24. The van der Waals surface area contributed by atoms with E-state index in [-0.39, 0.29) is 0 Å². The van der Waals surface area contributed by atoms with Gasteiger partial charge in [0.1, 0.15) is 0 Å². The Bertz CT molecular complexity index is 791. The van der Waals surface area contributed by atoms with Crippen LogP contribution in [0.2, 0.25) is 0 Å². The van der Waals surface area contributed by atoms with Crippen LogP contribution >= 0.6 is 0 Å². The number of rotatable bonds is 8. The molecule has 5 nitrogen and oxygen atoms in total. The second kappa shape index (κ2) is 8.12. The lowest BCUT2D eigenvalue weighted by atomic mass is 9.97. The van der Waals surface area contributed by atoms with Gasteiger partial charge in [0.2, 0.25) is 0 Å². The van der Waals surface area contributed by atoms with Crippen LogP contribution in [0.1, 0.15) is 49.7 Å². The number of benzene rings is 1. The summed E-state index contributed by atoms with van der Waals surface area (Å²) in [6.45, 7) is 5.77. The molecule has 25 heavy (non-hydrogen) atoms. The van der Waals surface area contributed by atoms with Crippen molar-refractivity contribution in [2.24, 2.45) is 0 Å². The van der Waals surface area contributed by atoms with Crippen LogP contribution in [0.3, 0.4) is 0 Å². The van der Waals surface area contributed by atoms with E-state index in [1.807, 2.05) is 12.4 Å². The van der Waals surface area contributed by atoms with Gasteiger partial charge in [0.05, 0.1) is 36.6 Å². The molecule has 0 bridgehead atoms. The molecule has 2 aromatic heterocycles. The summed E-state index contributed by atoms with van der Waals surface area (Å²) in [5.41, 5.74) is 5.52. The Balaban J connectivity index is 1.93. The molecule has 0 spiro atoms. The molecule has 0 aliphatic rings. The van der Waals surface area contributed by atoms with Crippen molar-refractivity contribution in [2.75, 3.05) is 7.11 Å². The molecule has 3 aromatic rings. The van der Waals surface area contributed by atoms with Crippen molar-refractivity contribution >= 4 is 0 Å². The first kappa shape index (κ1) is 17.4. The lowest BCUT2D eigenvalue weighted by Gasteiger charge is -2.16. The predicted molar refractivity (Wildman–Crippen MR) is 99.4 cm³/mol. The lowest BCUT2D eigenvalue weighted by Crippen LogP contribution is -2.08. The smallest absolute Gasteiger partial charge is 0.0959 e. The van der Waals surface area contributed by atoms with Crippen LogP contribution in [0.4, 0.5) is 0 Å². The minimum atomic E-state index is 0.448. The summed E-state index contributed by atoms with van der Waals surface area (Å²) < 4.78 is 7.39. The number of H-pyrrole nitrogens is 1. The number of aromatic nitrogens is 4. The topological polar surface area (TPSA) is 55.7 Å². The molecule has 1 atom stereocenters. The molecule has 1 unspecified atom stereocenters. The minimum absolute atomic E-state index is 0.448. The summed E-state index contributed by atoms with van der Waals surface area (Å²) in [4.78, 5) is 4.73. The summed E-state index contributed by atoms with van der Waals surface area (Å²) >= 11 is 0. The van der Waals surface area contributed by atoms with E-state index in [1.54, 1.807) is 7.11 Å². The van der Waals surface area contributed by atoms with Gasteiger partial charge in [-0.2, -0.15) is 5.10 Å². The van der Waals surface area contributed by atoms with Crippen LogP contribution in [-0.4, -0.2) is 26.9 Å². The number of nitrogens with zero attached hydrogens (tertiary/aromatic N) is 3. The van der Waals surface area contributed by atoms with E-state index in [4.69, 9.17) is 9.72 Å². The van der Waals surface area contributed by atoms with Crippen molar-refractivity contribution in [3.05, 3.63) is 59.8 Å². The van der Waals surface area contributed by atoms with Gasteiger partial charge in [-0.1, -0.05) is 50.6 Å². The first-order valence-electron chi connectivity index (χ1n) is 8.85. The highest BCUT2D eigenvalue weighted by Gasteiger charge is 2.19. The number of hydrogen-bond acceptors (Lipinski definition) is 3. The number of imidazole rings is 1. The fourth-order valence-corrected chi connectivity index (χ4v) is 3.32. The highest BCUT2D eigenvalue weighted by Crippen LogP contribution is 2.31. The van der Waals surface area contributed by atoms with Crippen LogP contribution in [0.5, 0.6) is 0 Å². The van der Waals surface area contributed by atoms with Gasteiger partial charge in [-0.3, -0.25) is 5.10 Å². The number of nitrogens with one attached hydrogen (secondary N) is 1. The van der Waals surface area contributed by atoms with Crippen molar-refractivity contribution < 1.29 is 4.74 Å². The Kier molecular flexibility index (Phi) is 5.66. The molecular weight excluding hydrogens is 312 g/mol. The molecule has 0 saturated heterocycles. The molecule has 0 aliphatic carbocycles. The van der Waals surface area contributed by atoms with Gasteiger partial charge in [0.15, 0.2) is 0 Å². The van der Waals surface area contributed by atoms with Gasteiger partial charge in [-0.15, -0.1) is 0 Å². The fraction of sp³-hybridized carbons (Fsp3) is 0.400. The first-order valence-corrected chi connectivity index (χ1v) is 8.85. The zero-order valence-corrected chi connectivity index (χ0v) is 15.2. The number of aromatic amines is 1. The standard InChI is InChI=1S/C20H26N4O/c1-4-8-15(2)20-19(16-9-6-5-7-10-16)21-14-24(20)12-17-11-18(13-25-3)23-22-17/h5-7,9-11,14-15H,4,8,12-13H2,1-3H3,(H,22,23). The van der Waals surface area contributed by atoms with E-state index in [0.29, 0.717) is 12.5 Å². The maximum Gasteiger partial charge on any atom is 0.0959 e. The Hall–Kier alpha value is -2.40. The zero-order valence-electron chi connectivity index (χ0n) is 15.2. The summed E-state index contributed by atoms with van der Waals surface area (Å²) in [7, 11) is 1.68. The molecule has 2 heterocycles. The highest BCUT2D eigenvalue weighted by molar-refractivity contribution is 5.62. The Morgan fingerprint density at radius 1 is 1.24 bits per heavy atom. The number of methoxy groups -OCH3 is 1. The number of ether oxygens (including phenoxy) is 1. The maximum absolute atomic E-state index is 5.15. The van der Waals surface area contributed by atoms with Crippen LogP contribution in [0, 0.1) is 0 Å². The molecule has 1 N–H and O–H groups in total. The first-order chi connectivity index (χ1) is 12.2. The summed E-state index contributed by atoms with van der Waals surface area (Å²) in [5.74, 6) is 0.448. The van der Waals surface area contributed by atoms with Crippen molar-refractivity contribution in [1.29, 1.82) is 0 Å². The van der Waals surface area contributed by atoms with Crippen molar-refractivity contribution in [2.45, 2.75) is 45.8 Å². The van der Waals surface area contributed by atoms with Gasteiger partial charge < -0.3 is 9.30 Å². The van der Waals surface area contributed by atoms with E-state index < -0.39 is 0 Å². The third-order valence-electron chi connectivity index (χ3n) is 4.43. The number of hydrogen-bond donors (Lipinski definition) is 1. The monoisotopic (exact) mass is 338 g/mol. The van der Waals surface area contributed by atoms with E-state index >= 15 is 0 Å². The normalized spacial score (nSPS) is 12.4. The van der Waals surface area contributed by atoms with E-state index in [2.05, 4.69) is 58.9 Å². The quantitative estimate of drug-likeness (QED) is 0.663. The zero-order chi connectivity index (χ0) is 17.6. The second-order valence-corrected chi connectivity index (χ2v) is 6.48. The van der Waals surface area contributed by atoms with Crippen LogP contribution in [0.25, 0.3) is 11.3 Å². The fourth-order valence-electron chi connectivity index (χ4n) is 3.32. The van der Waals surface area contributed by atoms with E-state index in [0.717, 1.165) is 36.5 Å². The lowest BCUT2D eigenvalue weighted by molar-refractivity contribution is 0.181. The molecule has 1 aromatic carbocycles. The van der Waals surface area contributed by atoms with Crippen molar-refractivity contribution in [3.63, 3.8) is 0 Å². The third-order valence-corrected chi connectivity index (χ3v) is 4.43. The second-order valence-electron chi connectivity index (χ2n) is 6.48. The van der Waals surface area contributed by atoms with Crippen molar-refractivity contribution in [3.8, 4) is 11.3 Å². The van der Waals surface area contributed by atoms with Crippen LogP contribution in [-0.2, 0) is 17.9 Å². The largest absolute Gasteiger partial charge is 0.378 e. The molecule has 5 heteroatoms. The summed E-state index contributed by atoms with van der Waals surface area (Å²) in [5, 5.41) is 7.40. The molecule has 3 rings (SSSR count). The molecule has 0 radical (unpaired) electrons. The SMILES string of the molecule is CCCC(C)c1c(-c2ccccc2)ncn1Cc1cc(COC)n[nH]1. The molecule has 0 aliphatic heterocycles. The third kappa shape index (κ3) is 3.99. The molecular formula is C20H26N4O. The van der Waals surface area contributed by atoms with Gasteiger partial charge in [0, 0.05) is 18.4 Å².